The molecule has 25 heavy (non-hydrogen) atoms. The minimum absolute atomic E-state index is 0.303. The van der Waals surface area contributed by atoms with Crippen LogP contribution in [0.25, 0.3) is 11.5 Å². The van der Waals surface area contributed by atoms with Crippen molar-refractivity contribution in [2.45, 2.75) is 20.3 Å². The van der Waals surface area contributed by atoms with Crippen molar-refractivity contribution < 1.29 is 13.6 Å². The van der Waals surface area contributed by atoms with E-state index >= 15 is 0 Å². The number of rotatable bonds is 5. The van der Waals surface area contributed by atoms with Gasteiger partial charge in [-0.1, -0.05) is 23.8 Å². The zero-order valence-electron chi connectivity index (χ0n) is 14.2. The van der Waals surface area contributed by atoms with E-state index in [1.165, 1.54) is 23.8 Å². The molecule has 0 saturated carbocycles. The van der Waals surface area contributed by atoms with Gasteiger partial charge >= 0.3 is 0 Å². The molecule has 0 saturated heterocycles. The fraction of sp³-hybridized carbons (Fsp3) is 0.200. The highest BCUT2D eigenvalue weighted by molar-refractivity contribution is 5.94. The Labute approximate surface area is 145 Å². The van der Waals surface area contributed by atoms with Crippen molar-refractivity contribution in [3.63, 3.8) is 0 Å². The molecule has 1 amide bonds. The van der Waals surface area contributed by atoms with Gasteiger partial charge in [-0.05, 0) is 44.2 Å². The summed E-state index contributed by atoms with van der Waals surface area (Å²) in [5.74, 6) is 0.571. The summed E-state index contributed by atoms with van der Waals surface area (Å²) in [4.78, 5) is 16.5. The van der Waals surface area contributed by atoms with Gasteiger partial charge in [-0.25, -0.2) is 9.37 Å². The Morgan fingerprint density at radius 2 is 1.92 bits per heavy atom. The predicted octanol–water partition coefficient (Wildman–Crippen LogP) is 4.07. The lowest BCUT2D eigenvalue weighted by Crippen LogP contribution is -2.26. The molecule has 0 aliphatic carbocycles. The maximum Gasteiger partial charge on any atom is 0.251 e. The number of nitrogens with one attached hydrogen (secondary N) is 1. The summed E-state index contributed by atoms with van der Waals surface area (Å²) in [6.07, 6.45) is 0.544. The standard InChI is InChI=1S/C20H19FN2O2/c1-13-6-8-15(9-7-13)20-23-18(14(2)25-20)10-11-22-19(24)16-4-3-5-17(21)12-16/h3-9,12H,10-11H2,1-2H3,(H,22,24). The number of aromatic nitrogens is 1. The molecule has 128 valence electrons. The number of benzene rings is 2. The summed E-state index contributed by atoms with van der Waals surface area (Å²) in [6, 6.07) is 13.6. The second kappa shape index (κ2) is 7.30. The van der Waals surface area contributed by atoms with Crippen LogP contribution in [0.5, 0.6) is 0 Å². The summed E-state index contributed by atoms with van der Waals surface area (Å²) in [5, 5.41) is 2.77. The van der Waals surface area contributed by atoms with Crippen LogP contribution in [0.15, 0.2) is 52.9 Å². The van der Waals surface area contributed by atoms with E-state index in [4.69, 9.17) is 4.42 Å². The summed E-state index contributed by atoms with van der Waals surface area (Å²) in [7, 11) is 0. The molecule has 3 aromatic rings. The van der Waals surface area contributed by atoms with Crippen LogP contribution in [0, 0.1) is 19.7 Å². The maximum absolute atomic E-state index is 13.2. The molecular formula is C20H19FN2O2. The smallest absolute Gasteiger partial charge is 0.251 e. The van der Waals surface area contributed by atoms with Gasteiger partial charge in [0.2, 0.25) is 5.89 Å². The molecule has 1 aromatic heterocycles. The third kappa shape index (κ3) is 4.12. The van der Waals surface area contributed by atoms with Gasteiger partial charge in [-0.3, -0.25) is 4.79 Å². The number of nitrogens with zero attached hydrogens (tertiary/aromatic N) is 1. The van der Waals surface area contributed by atoms with Crippen LogP contribution in [-0.2, 0) is 6.42 Å². The molecule has 3 rings (SSSR count). The Hall–Kier alpha value is -2.95. The van der Waals surface area contributed by atoms with Gasteiger partial charge in [-0.2, -0.15) is 0 Å². The van der Waals surface area contributed by atoms with Crippen LogP contribution < -0.4 is 5.32 Å². The lowest BCUT2D eigenvalue weighted by Gasteiger charge is -2.04. The number of carbonyl (C=O) groups is 1. The molecule has 0 aliphatic rings. The fourth-order valence-electron chi connectivity index (χ4n) is 2.51. The molecule has 2 aromatic carbocycles. The van der Waals surface area contributed by atoms with E-state index in [1.54, 1.807) is 6.07 Å². The van der Waals surface area contributed by atoms with Crippen LogP contribution in [0.1, 0.15) is 27.4 Å². The van der Waals surface area contributed by atoms with Gasteiger partial charge < -0.3 is 9.73 Å². The maximum atomic E-state index is 13.2. The van der Waals surface area contributed by atoms with Crippen LogP contribution >= 0.6 is 0 Å². The second-order valence-electron chi connectivity index (χ2n) is 5.90. The molecule has 4 nitrogen and oxygen atoms in total. The van der Waals surface area contributed by atoms with E-state index in [-0.39, 0.29) is 5.91 Å². The number of halogens is 1. The fourth-order valence-corrected chi connectivity index (χ4v) is 2.51. The lowest BCUT2D eigenvalue weighted by molar-refractivity contribution is 0.0953. The highest BCUT2D eigenvalue weighted by Gasteiger charge is 2.12. The van der Waals surface area contributed by atoms with E-state index in [9.17, 15) is 9.18 Å². The van der Waals surface area contributed by atoms with Crippen molar-refractivity contribution >= 4 is 5.91 Å². The minimum atomic E-state index is -0.428. The van der Waals surface area contributed by atoms with Crippen LogP contribution in [0.3, 0.4) is 0 Å². The molecular weight excluding hydrogens is 319 g/mol. The average Bonchev–Trinajstić information content (AvgIpc) is 2.96. The van der Waals surface area contributed by atoms with Crippen LogP contribution in [-0.4, -0.2) is 17.4 Å². The number of hydrogen-bond donors (Lipinski definition) is 1. The number of amides is 1. The van der Waals surface area contributed by atoms with Crippen molar-refractivity contribution in [1.82, 2.24) is 10.3 Å². The quantitative estimate of drug-likeness (QED) is 0.763. The first-order valence-electron chi connectivity index (χ1n) is 8.10. The third-order valence-corrected chi connectivity index (χ3v) is 3.93. The molecule has 0 atom stereocenters. The summed E-state index contributed by atoms with van der Waals surface area (Å²) in [6.45, 7) is 4.28. The monoisotopic (exact) mass is 338 g/mol. The summed E-state index contributed by atoms with van der Waals surface area (Å²) >= 11 is 0. The predicted molar refractivity (Wildman–Crippen MR) is 93.9 cm³/mol. The van der Waals surface area contributed by atoms with Gasteiger partial charge in [-0.15, -0.1) is 0 Å². The topological polar surface area (TPSA) is 55.1 Å². The van der Waals surface area contributed by atoms with Crippen LogP contribution in [0.2, 0.25) is 0 Å². The Balaban J connectivity index is 1.62. The molecule has 1 heterocycles. The first-order chi connectivity index (χ1) is 12.0. The highest BCUT2D eigenvalue weighted by atomic mass is 19.1. The molecule has 0 spiro atoms. The Kier molecular flexibility index (Phi) is 4.93. The zero-order valence-corrected chi connectivity index (χ0v) is 14.2. The number of aryl methyl sites for hydroxylation is 2. The molecule has 0 aliphatic heterocycles. The van der Waals surface area contributed by atoms with Crippen molar-refractivity contribution in [3.05, 3.63) is 76.9 Å². The average molecular weight is 338 g/mol. The molecule has 0 fully saturated rings. The van der Waals surface area contributed by atoms with E-state index in [0.29, 0.717) is 24.4 Å². The van der Waals surface area contributed by atoms with Gasteiger partial charge in [0.25, 0.3) is 5.91 Å². The SMILES string of the molecule is Cc1ccc(-c2nc(CCNC(=O)c3cccc(F)c3)c(C)o2)cc1. The lowest BCUT2D eigenvalue weighted by atomic mass is 10.1. The summed E-state index contributed by atoms with van der Waals surface area (Å²) in [5.41, 5.74) is 3.20. The van der Waals surface area contributed by atoms with E-state index < -0.39 is 5.82 Å². The molecule has 5 heteroatoms. The number of hydrogen-bond acceptors (Lipinski definition) is 3. The van der Waals surface area contributed by atoms with Crippen molar-refractivity contribution in [2.24, 2.45) is 0 Å². The number of oxazole rings is 1. The largest absolute Gasteiger partial charge is 0.441 e. The van der Waals surface area contributed by atoms with E-state index in [1.807, 2.05) is 38.1 Å². The molecule has 1 N–H and O–H groups in total. The van der Waals surface area contributed by atoms with Crippen LogP contribution in [0.4, 0.5) is 4.39 Å². The summed E-state index contributed by atoms with van der Waals surface area (Å²) < 4.78 is 18.9. The first kappa shape index (κ1) is 16.9. The Morgan fingerprint density at radius 3 is 2.64 bits per heavy atom. The van der Waals surface area contributed by atoms with Crippen molar-refractivity contribution in [2.75, 3.05) is 6.54 Å². The van der Waals surface area contributed by atoms with Crippen molar-refractivity contribution in [1.29, 1.82) is 0 Å². The molecule has 0 unspecified atom stereocenters. The van der Waals surface area contributed by atoms with Crippen molar-refractivity contribution in [3.8, 4) is 11.5 Å². The second-order valence-corrected chi connectivity index (χ2v) is 5.90. The Bertz CT molecular complexity index is 885. The molecule has 0 radical (unpaired) electrons. The Morgan fingerprint density at radius 1 is 1.16 bits per heavy atom. The van der Waals surface area contributed by atoms with E-state index in [0.717, 1.165) is 17.0 Å². The number of carbonyl (C=O) groups excluding carboxylic acids is 1. The normalized spacial score (nSPS) is 10.7. The highest BCUT2D eigenvalue weighted by Crippen LogP contribution is 2.22. The van der Waals surface area contributed by atoms with Gasteiger partial charge in [0, 0.05) is 24.1 Å². The van der Waals surface area contributed by atoms with E-state index in [2.05, 4.69) is 10.3 Å². The van der Waals surface area contributed by atoms with Gasteiger partial charge in [0.1, 0.15) is 11.6 Å². The van der Waals surface area contributed by atoms with Gasteiger partial charge in [0.15, 0.2) is 0 Å². The molecule has 0 bridgehead atoms. The zero-order chi connectivity index (χ0) is 17.8. The first-order valence-corrected chi connectivity index (χ1v) is 8.10. The minimum Gasteiger partial charge on any atom is -0.441 e. The third-order valence-electron chi connectivity index (χ3n) is 3.93. The van der Waals surface area contributed by atoms with Gasteiger partial charge in [0.05, 0.1) is 5.69 Å².